The van der Waals surface area contributed by atoms with Crippen LogP contribution in [0.4, 0.5) is 0 Å². The average molecular weight is 392 g/mol. The normalized spacial score (nSPS) is 11.7. The van der Waals surface area contributed by atoms with Crippen molar-refractivity contribution < 1.29 is 14.3 Å². The second-order valence-corrected chi connectivity index (χ2v) is 6.32. The minimum Gasteiger partial charge on any atom is -0.496 e. The number of rotatable bonds is 7. The first-order valence-electron chi connectivity index (χ1n) is 7.88. The molecule has 0 aliphatic carbocycles. The van der Waals surface area contributed by atoms with E-state index in [4.69, 9.17) is 9.47 Å². The summed E-state index contributed by atoms with van der Waals surface area (Å²) in [6.45, 7) is 4.03. The van der Waals surface area contributed by atoms with E-state index < -0.39 is 0 Å². The third kappa shape index (κ3) is 4.99. The molecule has 0 spiro atoms. The number of hydrogen-bond acceptors (Lipinski definition) is 3. The van der Waals surface area contributed by atoms with E-state index in [9.17, 15) is 4.79 Å². The molecule has 128 valence electrons. The van der Waals surface area contributed by atoms with E-state index in [0.29, 0.717) is 5.75 Å². The van der Waals surface area contributed by atoms with Crippen molar-refractivity contribution in [3.8, 4) is 11.5 Å². The van der Waals surface area contributed by atoms with Gasteiger partial charge in [-0.15, -0.1) is 0 Å². The predicted molar refractivity (Wildman–Crippen MR) is 98.6 cm³/mol. The van der Waals surface area contributed by atoms with Gasteiger partial charge in [0.05, 0.1) is 17.6 Å². The summed E-state index contributed by atoms with van der Waals surface area (Å²) in [5.41, 5.74) is 2.23. The SMILES string of the molecule is CCc1ccc(OCC(=O)N[C@H](C)c2ccc(OC)c(Br)c2)cc1. The van der Waals surface area contributed by atoms with Crippen LogP contribution in [0.2, 0.25) is 0 Å². The highest BCUT2D eigenvalue weighted by Gasteiger charge is 2.12. The number of amides is 1. The molecular weight excluding hydrogens is 370 g/mol. The Morgan fingerprint density at radius 2 is 1.92 bits per heavy atom. The molecule has 1 atom stereocenters. The lowest BCUT2D eigenvalue weighted by Gasteiger charge is -2.16. The van der Waals surface area contributed by atoms with Gasteiger partial charge in [0.15, 0.2) is 6.61 Å². The van der Waals surface area contributed by atoms with Crippen molar-refractivity contribution in [1.29, 1.82) is 0 Å². The zero-order valence-electron chi connectivity index (χ0n) is 14.1. The summed E-state index contributed by atoms with van der Waals surface area (Å²) in [5, 5.41) is 2.93. The minimum absolute atomic E-state index is 0.00681. The van der Waals surface area contributed by atoms with E-state index in [1.54, 1.807) is 7.11 Å². The van der Waals surface area contributed by atoms with Gasteiger partial charge in [-0.25, -0.2) is 0 Å². The molecule has 1 amide bonds. The van der Waals surface area contributed by atoms with Gasteiger partial charge in [-0.1, -0.05) is 25.1 Å². The summed E-state index contributed by atoms with van der Waals surface area (Å²) in [4.78, 5) is 12.1. The number of ether oxygens (including phenoxy) is 2. The fourth-order valence-corrected chi connectivity index (χ4v) is 2.85. The Balaban J connectivity index is 1.87. The van der Waals surface area contributed by atoms with Crippen molar-refractivity contribution in [3.63, 3.8) is 0 Å². The van der Waals surface area contributed by atoms with Crippen LogP contribution in [0.3, 0.4) is 0 Å². The topological polar surface area (TPSA) is 47.6 Å². The standard InChI is InChI=1S/C19H22BrNO3/c1-4-14-5-8-16(9-6-14)24-12-19(22)21-13(2)15-7-10-18(23-3)17(20)11-15/h5-11,13H,4,12H2,1-3H3,(H,21,22)/t13-/m1/s1. The maximum atomic E-state index is 12.1. The zero-order valence-corrected chi connectivity index (χ0v) is 15.7. The Bertz CT molecular complexity index is 686. The number of carbonyl (C=O) groups excluding carboxylic acids is 1. The van der Waals surface area contributed by atoms with E-state index in [0.717, 1.165) is 22.2 Å². The maximum Gasteiger partial charge on any atom is 0.258 e. The Morgan fingerprint density at radius 1 is 1.21 bits per heavy atom. The first kappa shape index (κ1) is 18.3. The number of aryl methyl sites for hydroxylation is 1. The molecule has 0 aromatic heterocycles. The van der Waals surface area contributed by atoms with Crippen molar-refractivity contribution in [2.75, 3.05) is 13.7 Å². The molecule has 1 N–H and O–H groups in total. The molecule has 2 aromatic carbocycles. The molecule has 5 heteroatoms. The third-order valence-electron chi connectivity index (χ3n) is 3.75. The molecule has 0 heterocycles. The lowest BCUT2D eigenvalue weighted by molar-refractivity contribution is -0.123. The molecule has 4 nitrogen and oxygen atoms in total. The van der Waals surface area contributed by atoms with Crippen molar-refractivity contribution in [1.82, 2.24) is 5.32 Å². The number of nitrogens with one attached hydrogen (secondary N) is 1. The van der Waals surface area contributed by atoms with Crippen LogP contribution in [-0.2, 0) is 11.2 Å². The monoisotopic (exact) mass is 391 g/mol. The smallest absolute Gasteiger partial charge is 0.258 e. The van der Waals surface area contributed by atoms with Crippen LogP contribution in [-0.4, -0.2) is 19.6 Å². The molecule has 0 saturated heterocycles. The fraction of sp³-hybridized carbons (Fsp3) is 0.316. The first-order chi connectivity index (χ1) is 11.5. The van der Waals surface area contributed by atoms with Gasteiger partial charge in [-0.3, -0.25) is 4.79 Å². The molecular formula is C19H22BrNO3. The average Bonchev–Trinajstić information content (AvgIpc) is 2.60. The van der Waals surface area contributed by atoms with Crippen LogP contribution < -0.4 is 14.8 Å². The molecule has 0 radical (unpaired) electrons. The van der Waals surface area contributed by atoms with E-state index in [1.807, 2.05) is 49.4 Å². The molecule has 0 fully saturated rings. The van der Waals surface area contributed by atoms with Crippen LogP contribution in [0.15, 0.2) is 46.9 Å². The van der Waals surface area contributed by atoms with Gasteiger partial charge < -0.3 is 14.8 Å². The molecule has 24 heavy (non-hydrogen) atoms. The third-order valence-corrected chi connectivity index (χ3v) is 4.37. The second-order valence-electron chi connectivity index (χ2n) is 5.47. The van der Waals surface area contributed by atoms with Gasteiger partial charge in [0.2, 0.25) is 0 Å². The Labute approximate surface area is 151 Å². The van der Waals surface area contributed by atoms with E-state index in [2.05, 4.69) is 28.2 Å². The molecule has 0 aliphatic rings. The van der Waals surface area contributed by atoms with Crippen LogP contribution in [0.25, 0.3) is 0 Å². The van der Waals surface area contributed by atoms with E-state index in [-0.39, 0.29) is 18.6 Å². The number of hydrogen-bond donors (Lipinski definition) is 1. The van der Waals surface area contributed by atoms with Crippen molar-refractivity contribution in [2.45, 2.75) is 26.3 Å². The van der Waals surface area contributed by atoms with Gasteiger partial charge in [-0.2, -0.15) is 0 Å². The number of methoxy groups -OCH3 is 1. The minimum atomic E-state index is -0.158. The van der Waals surface area contributed by atoms with Crippen LogP contribution >= 0.6 is 15.9 Å². The molecule has 0 bridgehead atoms. The van der Waals surface area contributed by atoms with Gasteiger partial charge in [0, 0.05) is 0 Å². The zero-order chi connectivity index (χ0) is 17.5. The summed E-state index contributed by atoms with van der Waals surface area (Å²) in [6, 6.07) is 13.4. The lowest BCUT2D eigenvalue weighted by Crippen LogP contribution is -2.31. The predicted octanol–water partition coefficient (Wildman–Crippen LogP) is 4.28. The fourth-order valence-electron chi connectivity index (χ4n) is 2.29. The summed E-state index contributed by atoms with van der Waals surface area (Å²) >= 11 is 3.45. The highest BCUT2D eigenvalue weighted by molar-refractivity contribution is 9.10. The van der Waals surface area contributed by atoms with Gasteiger partial charge in [-0.05, 0) is 64.7 Å². The first-order valence-corrected chi connectivity index (χ1v) is 8.67. The van der Waals surface area contributed by atoms with Crippen molar-refractivity contribution in [3.05, 3.63) is 58.1 Å². The van der Waals surface area contributed by atoms with E-state index in [1.165, 1.54) is 5.56 Å². The van der Waals surface area contributed by atoms with Gasteiger partial charge in [0.1, 0.15) is 11.5 Å². The number of halogens is 1. The van der Waals surface area contributed by atoms with Crippen molar-refractivity contribution in [2.24, 2.45) is 0 Å². The van der Waals surface area contributed by atoms with Crippen LogP contribution in [0.5, 0.6) is 11.5 Å². The van der Waals surface area contributed by atoms with Crippen LogP contribution in [0.1, 0.15) is 31.0 Å². The van der Waals surface area contributed by atoms with E-state index >= 15 is 0 Å². The molecule has 0 unspecified atom stereocenters. The number of benzene rings is 2. The Kier molecular flexibility index (Phi) is 6.67. The maximum absolute atomic E-state index is 12.1. The summed E-state index contributed by atoms with van der Waals surface area (Å²) in [6.07, 6.45) is 0.982. The van der Waals surface area contributed by atoms with Gasteiger partial charge in [0.25, 0.3) is 5.91 Å². The molecule has 2 aromatic rings. The summed E-state index contributed by atoms with van der Waals surface area (Å²) in [7, 11) is 1.62. The second kappa shape index (κ2) is 8.73. The highest BCUT2D eigenvalue weighted by atomic mass is 79.9. The highest BCUT2D eigenvalue weighted by Crippen LogP contribution is 2.27. The molecule has 0 aliphatic heterocycles. The molecule has 0 saturated carbocycles. The lowest BCUT2D eigenvalue weighted by atomic mass is 10.1. The summed E-state index contributed by atoms with van der Waals surface area (Å²) in [5.74, 6) is 1.30. The summed E-state index contributed by atoms with van der Waals surface area (Å²) < 4.78 is 11.6. The van der Waals surface area contributed by atoms with Crippen LogP contribution in [0, 0.1) is 0 Å². The quantitative estimate of drug-likeness (QED) is 0.765. The number of carbonyl (C=O) groups is 1. The van der Waals surface area contributed by atoms with Crippen molar-refractivity contribution >= 4 is 21.8 Å². The van der Waals surface area contributed by atoms with Gasteiger partial charge >= 0.3 is 0 Å². The Hall–Kier alpha value is -2.01. The largest absolute Gasteiger partial charge is 0.496 e. The Morgan fingerprint density at radius 3 is 2.50 bits per heavy atom. The molecule has 2 rings (SSSR count).